The van der Waals surface area contributed by atoms with E-state index in [1.165, 1.54) is 24.6 Å². The summed E-state index contributed by atoms with van der Waals surface area (Å²) in [7, 11) is -0.826. The number of rotatable bonds is 4. The van der Waals surface area contributed by atoms with E-state index in [4.69, 9.17) is 9.47 Å². The number of fused-ring (bicyclic) bond motifs is 1. The molecule has 0 radical (unpaired) electrons. The van der Waals surface area contributed by atoms with Crippen LogP contribution in [0.25, 0.3) is 0 Å². The molecule has 2 fully saturated rings. The van der Waals surface area contributed by atoms with Crippen molar-refractivity contribution in [3.8, 4) is 11.5 Å². The highest BCUT2D eigenvalue weighted by atomic mass is 32.2. The molecule has 0 spiro atoms. The van der Waals surface area contributed by atoms with E-state index in [-0.39, 0.29) is 29.1 Å². The number of nitrogens with zero attached hydrogens (tertiary/aromatic N) is 2. The molecule has 1 aromatic carbocycles. The van der Waals surface area contributed by atoms with Gasteiger partial charge >= 0.3 is 0 Å². The first-order valence-electron chi connectivity index (χ1n) is 8.21. The van der Waals surface area contributed by atoms with Crippen LogP contribution in [0.15, 0.2) is 23.1 Å². The van der Waals surface area contributed by atoms with Gasteiger partial charge in [-0.3, -0.25) is 9.69 Å². The fourth-order valence-corrected chi connectivity index (χ4v) is 4.94. The summed E-state index contributed by atoms with van der Waals surface area (Å²) >= 11 is 0. The third-order valence-corrected chi connectivity index (χ3v) is 6.64. The largest absolute Gasteiger partial charge is 0.497 e. The Morgan fingerprint density at radius 1 is 1.12 bits per heavy atom. The Kier molecular flexibility index (Phi) is 5.16. The number of ether oxygens (including phenoxy) is 2. The second kappa shape index (κ2) is 7.19. The second-order valence-corrected chi connectivity index (χ2v) is 7.96. The number of sulfonamides is 1. The Morgan fingerprint density at radius 3 is 2.64 bits per heavy atom. The standard InChI is InChI=1S/C16H23N3O5S/c1-23-12-3-4-14(24-2)15(11-12)25(21,22)19-7-5-13-16(20)17-6-8-18(13)9-10-19/h3-4,11,13H,5-10H2,1-2H3,(H,17,20). The molecule has 0 saturated carbocycles. The quantitative estimate of drug-likeness (QED) is 0.797. The average Bonchev–Trinajstić information content (AvgIpc) is 2.85. The molecule has 138 valence electrons. The summed E-state index contributed by atoms with van der Waals surface area (Å²) in [4.78, 5) is 14.2. The maximum absolute atomic E-state index is 13.1. The van der Waals surface area contributed by atoms with Crippen LogP contribution in [-0.4, -0.2) is 76.5 Å². The van der Waals surface area contributed by atoms with Crippen molar-refractivity contribution in [2.45, 2.75) is 17.4 Å². The van der Waals surface area contributed by atoms with Gasteiger partial charge in [-0.1, -0.05) is 0 Å². The van der Waals surface area contributed by atoms with Gasteiger partial charge in [0.1, 0.15) is 16.4 Å². The topological polar surface area (TPSA) is 88.2 Å². The van der Waals surface area contributed by atoms with E-state index in [1.807, 2.05) is 0 Å². The molecule has 2 aliphatic rings. The molecule has 8 nitrogen and oxygen atoms in total. The Hall–Kier alpha value is -1.84. The Bertz CT molecular complexity index is 752. The molecule has 25 heavy (non-hydrogen) atoms. The zero-order chi connectivity index (χ0) is 18.0. The number of piperazine rings is 1. The summed E-state index contributed by atoms with van der Waals surface area (Å²) < 4.78 is 38.1. The van der Waals surface area contributed by atoms with Gasteiger partial charge in [0.15, 0.2) is 0 Å². The van der Waals surface area contributed by atoms with Crippen LogP contribution in [0.3, 0.4) is 0 Å². The van der Waals surface area contributed by atoms with Gasteiger partial charge in [0.2, 0.25) is 15.9 Å². The molecule has 1 N–H and O–H groups in total. The lowest BCUT2D eigenvalue weighted by Gasteiger charge is -2.32. The van der Waals surface area contributed by atoms with E-state index in [0.29, 0.717) is 31.8 Å². The fraction of sp³-hybridized carbons (Fsp3) is 0.562. The molecular weight excluding hydrogens is 346 g/mol. The first-order chi connectivity index (χ1) is 12.0. The fourth-order valence-electron chi connectivity index (χ4n) is 3.33. The summed E-state index contributed by atoms with van der Waals surface area (Å²) in [5, 5.41) is 2.84. The van der Waals surface area contributed by atoms with Gasteiger partial charge in [-0.05, 0) is 18.6 Å². The van der Waals surface area contributed by atoms with Crippen LogP contribution in [0.4, 0.5) is 0 Å². The summed E-state index contributed by atoms with van der Waals surface area (Å²) in [6.07, 6.45) is 0.470. The molecule has 9 heteroatoms. The molecule has 1 atom stereocenters. The molecular formula is C16H23N3O5S. The minimum absolute atomic E-state index is 0.0236. The third-order valence-electron chi connectivity index (χ3n) is 4.72. The lowest BCUT2D eigenvalue weighted by atomic mass is 10.1. The summed E-state index contributed by atoms with van der Waals surface area (Å²) in [5.41, 5.74) is 0. The van der Waals surface area contributed by atoms with Gasteiger partial charge in [-0.15, -0.1) is 0 Å². The van der Waals surface area contributed by atoms with Gasteiger partial charge in [-0.2, -0.15) is 4.31 Å². The third kappa shape index (κ3) is 3.44. The van der Waals surface area contributed by atoms with Crippen molar-refractivity contribution in [1.29, 1.82) is 0 Å². The van der Waals surface area contributed by atoms with Gasteiger partial charge in [0.25, 0.3) is 0 Å². The van der Waals surface area contributed by atoms with E-state index in [1.54, 1.807) is 12.1 Å². The van der Waals surface area contributed by atoms with Crippen molar-refractivity contribution in [1.82, 2.24) is 14.5 Å². The van der Waals surface area contributed by atoms with Crippen molar-refractivity contribution >= 4 is 15.9 Å². The van der Waals surface area contributed by atoms with Crippen molar-refractivity contribution < 1.29 is 22.7 Å². The predicted octanol–water partition coefficient (Wildman–Crippen LogP) is -0.101. The zero-order valence-corrected chi connectivity index (χ0v) is 15.2. The highest BCUT2D eigenvalue weighted by molar-refractivity contribution is 7.89. The van der Waals surface area contributed by atoms with Crippen LogP contribution in [0.5, 0.6) is 11.5 Å². The van der Waals surface area contributed by atoms with Gasteiger partial charge in [-0.25, -0.2) is 8.42 Å². The second-order valence-electron chi connectivity index (χ2n) is 6.05. The Balaban J connectivity index is 1.89. The molecule has 2 heterocycles. The first kappa shape index (κ1) is 18.0. The number of amides is 1. The van der Waals surface area contributed by atoms with E-state index in [9.17, 15) is 13.2 Å². The van der Waals surface area contributed by atoms with E-state index in [0.717, 1.165) is 6.54 Å². The lowest BCUT2D eigenvalue weighted by molar-refractivity contribution is -0.128. The van der Waals surface area contributed by atoms with Crippen molar-refractivity contribution in [3.05, 3.63) is 18.2 Å². The normalized spacial score (nSPS) is 22.6. The van der Waals surface area contributed by atoms with Crippen molar-refractivity contribution in [3.63, 3.8) is 0 Å². The average molecular weight is 369 g/mol. The monoisotopic (exact) mass is 369 g/mol. The SMILES string of the molecule is COc1ccc(OC)c(S(=O)(=O)N2CCC3C(=O)NCCN3CC2)c1. The van der Waals surface area contributed by atoms with Crippen LogP contribution >= 0.6 is 0 Å². The molecule has 0 aliphatic carbocycles. The summed E-state index contributed by atoms with van der Waals surface area (Å²) in [5.74, 6) is 0.705. The number of hydrogen-bond acceptors (Lipinski definition) is 6. The highest BCUT2D eigenvalue weighted by Crippen LogP contribution is 2.31. The van der Waals surface area contributed by atoms with Crippen molar-refractivity contribution in [2.24, 2.45) is 0 Å². The zero-order valence-electron chi connectivity index (χ0n) is 14.4. The highest BCUT2D eigenvalue weighted by Gasteiger charge is 2.36. The number of carbonyl (C=O) groups excluding carboxylic acids is 1. The molecule has 2 aliphatic heterocycles. The molecule has 0 aromatic heterocycles. The number of hydrogen-bond donors (Lipinski definition) is 1. The molecule has 1 aromatic rings. The molecule has 2 saturated heterocycles. The van der Waals surface area contributed by atoms with E-state index < -0.39 is 10.0 Å². The minimum atomic E-state index is -3.75. The van der Waals surface area contributed by atoms with Crippen LogP contribution in [-0.2, 0) is 14.8 Å². The van der Waals surface area contributed by atoms with Gasteiger partial charge < -0.3 is 14.8 Å². The first-order valence-corrected chi connectivity index (χ1v) is 9.65. The number of methoxy groups -OCH3 is 2. The van der Waals surface area contributed by atoms with Crippen LogP contribution in [0.1, 0.15) is 6.42 Å². The number of nitrogens with one attached hydrogen (secondary N) is 1. The smallest absolute Gasteiger partial charge is 0.246 e. The lowest BCUT2D eigenvalue weighted by Crippen LogP contribution is -2.55. The van der Waals surface area contributed by atoms with Crippen molar-refractivity contribution in [2.75, 3.05) is 46.9 Å². The molecule has 3 rings (SSSR count). The van der Waals surface area contributed by atoms with Crippen LogP contribution < -0.4 is 14.8 Å². The minimum Gasteiger partial charge on any atom is -0.497 e. The van der Waals surface area contributed by atoms with Crippen LogP contribution in [0.2, 0.25) is 0 Å². The Labute approximate surface area is 147 Å². The maximum atomic E-state index is 13.1. The molecule has 1 unspecified atom stereocenters. The predicted molar refractivity (Wildman–Crippen MR) is 91.3 cm³/mol. The van der Waals surface area contributed by atoms with Gasteiger partial charge in [0, 0.05) is 38.8 Å². The van der Waals surface area contributed by atoms with Gasteiger partial charge in [0.05, 0.1) is 20.3 Å². The summed E-state index contributed by atoms with van der Waals surface area (Å²) in [6.45, 7) is 2.51. The van der Waals surface area contributed by atoms with E-state index >= 15 is 0 Å². The van der Waals surface area contributed by atoms with E-state index in [2.05, 4.69) is 10.2 Å². The Morgan fingerprint density at radius 2 is 1.92 bits per heavy atom. The molecule has 1 amide bonds. The molecule has 0 bridgehead atoms. The maximum Gasteiger partial charge on any atom is 0.246 e. The number of benzene rings is 1. The summed E-state index contributed by atoms with van der Waals surface area (Å²) in [6, 6.07) is 4.45. The number of carbonyl (C=O) groups is 1. The van der Waals surface area contributed by atoms with Crippen LogP contribution in [0, 0.1) is 0 Å².